The SMILES string of the molecule is Cc1cc(/C=C/C[C@H](N)C(=O)OC2CCCC2)cc(-c2cc(C(N)=O)c(NC(N)=O)s2)c1. The summed E-state index contributed by atoms with van der Waals surface area (Å²) < 4.78 is 5.46. The number of hydrogen-bond donors (Lipinski definition) is 4. The molecule has 1 heterocycles. The lowest BCUT2D eigenvalue weighted by Gasteiger charge is -2.14. The van der Waals surface area contributed by atoms with Crippen molar-refractivity contribution in [3.63, 3.8) is 0 Å². The Morgan fingerprint density at radius 2 is 1.91 bits per heavy atom. The predicted octanol–water partition coefficient (Wildman–Crippen LogP) is 3.53. The van der Waals surface area contributed by atoms with E-state index < -0.39 is 18.0 Å². The molecule has 9 heteroatoms. The maximum Gasteiger partial charge on any atom is 0.323 e. The number of benzene rings is 1. The summed E-state index contributed by atoms with van der Waals surface area (Å²) in [5, 5.41) is 2.75. The van der Waals surface area contributed by atoms with Crippen molar-refractivity contribution in [1.29, 1.82) is 0 Å². The largest absolute Gasteiger partial charge is 0.461 e. The fourth-order valence-corrected chi connectivity index (χ4v) is 4.73. The highest BCUT2D eigenvalue weighted by atomic mass is 32.1. The van der Waals surface area contributed by atoms with Crippen molar-refractivity contribution < 1.29 is 19.1 Å². The average Bonchev–Trinajstić information content (AvgIpc) is 3.37. The number of rotatable bonds is 8. The van der Waals surface area contributed by atoms with Gasteiger partial charge in [0.1, 0.15) is 17.1 Å². The zero-order chi connectivity index (χ0) is 23.3. The van der Waals surface area contributed by atoms with Crippen molar-refractivity contribution >= 4 is 40.3 Å². The van der Waals surface area contributed by atoms with Crippen molar-refractivity contribution in [1.82, 2.24) is 0 Å². The zero-order valence-corrected chi connectivity index (χ0v) is 18.7. The normalized spacial score (nSPS) is 15.1. The molecule has 32 heavy (non-hydrogen) atoms. The van der Waals surface area contributed by atoms with Crippen molar-refractivity contribution in [2.45, 2.75) is 51.2 Å². The minimum absolute atomic E-state index is 0.00176. The van der Waals surface area contributed by atoms with Gasteiger partial charge in [-0.2, -0.15) is 0 Å². The van der Waals surface area contributed by atoms with E-state index in [0.717, 1.165) is 47.3 Å². The Bertz CT molecular complexity index is 1040. The third kappa shape index (κ3) is 6.18. The van der Waals surface area contributed by atoms with E-state index in [9.17, 15) is 14.4 Å². The summed E-state index contributed by atoms with van der Waals surface area (Å²) in [6, 6.07) is 6.07. The number of ether oxygens (including phenoxy) is 1. The first-order chi connectivity index (χ1) is 15.2. The maximum absolute atomic E-state index is 12.1. The summed E-state index contributed by atoms with van der Waals surface area (Å²) in [7, 11) is 0. The van der Waals surface area contributed by atoms with Crippen LogP contribution in [0.5, 0.6) is 0 Å². The van der Waals surface area contributed by atoms with Gasteiger partial charge in [0, 0.05) is 4.88 Å². The van der Waals surface area contributed by atoms with Gasteiger partial charge in [0.15, 0.2) is 0 Å². The topological polar surface area (TPSA) is 151 Å². The van der Waals surface area contributed by atoms with E-state index in [1.165, 1.54) is 11.3 Å². The van der Waals surface area contributed by atoms with E-state index in [1.54, 1.807) is 6.07 Å². The molecule has 2 aromatic rings. The third-order valence-electron chi connectivity index (χ3n) is 5.21. The van der Waals surface area contributed by atoms with Gasteiger partial charge in [0.25, 0.3) is 5.91 Å². The standard InChI is InChI=1S/C23H28N4O4S/c1-13-9-14(5-4-8-18(24)22(29)31-16-6-2-3-7-16)11-15(10-13)19-12-17(20(25)28)21(32-19)27-23(26)30/h4-5,9-12,16,18H,2-3,6-8,24H2,1H3,(H2,25,28)(H3,26,27,30)/b5-4+/t18-/m0/s1. The van der Waals surface area contributed by atoms with E-state index in [0.29, 0.717) is 11.4 Å². The van der Waals surface area contributed by atoms with Gasteiger partial charge in [-0.05, 0) is 67.9 Å². The molecular formula is C23H28N4O4S. The molecule has 0 radical (unpaired) electrons. The van der Waals surface area contributed by atoms with Gasteiger partial charge >= 0.3 is 12.0 Å². The number of thiophene rings is 1. The minimum atomic E-state index is -0.767. The van der Waals surface area contributed by atoms with Crippen LogP contribution in [-0.2, 0) is 9.53 Å². The molecule has 3 rings (SSSR count). The van der Waals surface area contributed by atoms with Gasteiger partial charge < -0.3 is 21.9 Å². The van der Waals surface area contributed by atoms with E-state index in [2.05, 4.69) is 5.32 Å². The van der Waals surface area contributed by atoms with Crippen LogP contribution < -0.4 is 22.5 Å². The fourth-order valence-electron chi connectivity index (χ4n) is 3.68. The van der Waals surface area contributed by atoms with Crippen molar-refractivity contribution in [3.05, 3.63) is 47.0 Å². The Kier molecular flexibility index (Phi) is 7.66. The first-order valence-electron chi connectivity index (χ1n) is 10.5. The van der Waals surface area contributed by atoms with E-state index in [4.69, 9.17) is 21.9 Å². The Morgan fingerprint density at radius 1 is 1.19 bits per heavy atom. The van der Waals surface area contributed by atoms with Gasteiger partial charge in [-0.25, -0.2) is 4.79 Å². The van der Waals surface area contributed by atoms with Gasteiger partial charge in [0.2, 0.25) is 0 Å². The van der Waals surface area contributed by atoms with E-state index in [-0.39, 0.29) is 17.6 Å². The molecule has 1 aromatic carbocycles. The molecule has 1 fully saturated rings. The van der Waals surface area contributed by atoms with Gasteiger partial charge in [-0.3, -0.25) is 14.9 Å². The second kappa shape index (κ2) is 10.4. The van der Waals surface area contributed by atoms with Crippen LogP contribution in [0.15, 0.2) is 30.3 Å². The van der Waals surface area contributed by atoms with Gasteiger partial charge in [-0.1, -0.05) is 24.3 Å². The molecule has 0 unspecified atom stereocenters. The molecule has 1 aliphatic rings. The highest BCUT2D eigenvalue weighted by Crippen LogP contribution is 2.36. The fraction of sp³-hybridized carbons (Fsp3) is 0.348. The average molecular weight is 457 g/mol. The van der Waals surface area contributed by atoms with Crippen LogP contribution in [0, 0.1) is 6.92 Å². The lowest BCUT2D eigenvalue weighted by Crippen LogP contribution is -2.33. The van der Waals surface area contributed by atoms with Crippen LogP contribution >= 0.6 is 11.3 Å². The van der Waals surface area contributed by atoms with Crippen LogP contribution in [0.1, 0.15) is 53.6 Å². The summed E-state index contributed by atoms with van der Waals surface area (Å²) in [6.07, 6.45) is 8.12. The smallest absolute Gasteiger partial charge is 0.323 e. The Morgan fingerprint density at radius 3 is 2.56 bits per heavy atom. The number of hydrogen-bond acceptors (Lipinski definition) is 6. The van der Waals surface area contributed by atoms with Crippen LogP contribution in [0.2, 0.25) is 0 Å². The van der Waals surface area contributed by atoms with Crippen molar-refractivity contribution in [2.75, 3.05) is 5.32 Å². The summed E-state index contributed by atoms with van der Waals surface area (Å²) in [4.78, 5) is 35.9. The number of nitrogens with one attached hydrogen (secondary N) is 1. The number of aryl methyl sites for hydroxylation is 1. The van der Waals surface area contributed by atoms with Gasteiger partial charge in [-0.15, -0.1) is 11.3 Å². The number of anilines is 1. The van der Waals surface area contributed by atoms with E-state index in [1.807, 2.05) is 37.3 Å². The number of nitrogens with two attached hydrogens (primary N) is 3. The first-order valence-corrected chi connectivity index (χ1v) is 11.3. The Hall–Kier alpha value is -3.17. The quantitative estimate of drug-likeness (QED) is 0.448. The number of urea groups is 1. The molecule has 0 bridgehead atoms. The summed E-state index contributed by atoms with van der Waals surface area (Å²) >= 11 is 1.22. The Balaban J connectivity index is 1.72. The van der Waals surface area contributed by atoms with Gasteiger partial charge in [0.05, 0.1) is 5.56 Å². The van der Waals surface area contributed by atoms with Crippen LogP contribution in [0.4, 0.5) is 9.80 Å². The lowest BCUT2D eigenvalue weighted by atomic mass is 10.0. The molecule has 0 aliphatic heterocycles. The monoisotopic (exact) mass is 456 g/mol. The molecule has 170 valence electrons. The lowest BCUT2D eigenvalue weighted by molar-refractivity contribution is -0.150. The highest BCUT2D eigenvalue weighted by Gasteiger charge is 2.22. The number of esters is 1. The summed E-state index contributed by atoms with van der Waals surface area (Å²) in [5.74, 6) is -1.01. The second-order valence-corrected chi connectivity index (χ2v) is 8.98. The molecule has 1 aromatic heterocycles. The maximum atomic E-state index is 12.1. The van der Waals surface area contributed by atoms with E-state index >= 15 is 0 Å². The molecule has 0 spiro atoms. The van der Waals surface area contributed by atoms with Crippen molar-refractivity contribution in [3.8, 4) is 10.4 Å². The molecule has 7 N–H and O–H groups in total. The number of primary amides is 2. The highest BCUT2D eigenvalue weighted by molar-refractivity contribution is 7.20. The molecule has 0 saturated heterocycles. The molecule has 1 saturated carbocycles. The third-order valence-corrected chi connectivity index (χ3v) is 6.31. The summed E-state index contributed by atoms with van der Waals surface area (Å²) in [6.45, 7) is 1.96. The molecule has 1 atom stereocenters. The molecular weight excluding hydrogens is 428 g/mol. The minimum Gasteiger partial charge on any atom is -0.461 e. The summed E-state index contributed by atoms with van der Waals surface area (Å²) in [5.41, 5.74) is 19.6. The zero-order valence-electron chi connectivity index (χ0n) is 17.9. The molecule has 8 nitrogen and oxygen atoms in total. The Labute approximate surface area is 190 Å². The number of amides is 3. The number of carbonyl (C=O) groups is 3. The first kappa shape index (κ1) is 23.5. The molecule has 1 aliphatic carbocycles. The second-order valence-electron chi connectivity index (χ2n) is 7.93. The van der Waals surface area contributed by atoms with Crippen LogP contribution in [0.25, 0.3) is 16.5 Å². The number of carbonyl (C=O) groups excluding carboxylic acids is 3. The van der Waals surface area contributed by atoms with Crippen LogP contribution in [-0.4, -0.2) is 30.1 Å². The van der Waals surface area contributed by atoms with Crippen LogP contribution in [0.3, 0.4) is 0 Å². The van der Waals surface area contributed by atoms with Crippen molar-refractivity contribution in [2.24, 2.45) is 17.2 Å². The predicted molar refractivity (Wildman–Crippen MR) is 126 cm³/mol. The molecule has 3 amide bonds.